The van der Waals surface area contributed by atoms with E-state index in [-0.39, 0.29) is 30.4 Å². The number of nitrogens with zero attached hydrogens (tertiary/aromatic N) is 2. The number of hydrogen-bond donors (Lipinski definition) is 1. The van der Waals surface area contributed by atoms with Crippen LogP contribution in [0, 0.1) is 0 Å². The van der Waals surface area contributed by atoms with Gasteiger partial charge in [-0.05, 0) is 11.1 Å². The Morgan fingerprint density at radius 1 is 0.778 bits per heavy atom. The SMILES string of the molecule is Nc1cnc(C(=O)OCc2ccccc2)c(C(=O)OCc2ccccc2)n1. The Morgan fingerprint density at radius 3 is 1.78 bits per heavy atom. The summed E-state index contributed by atoms with van der Waals surface area (Å²) in [5.74, 6) is -1.58. The lowest BCUT2D eigenvalue weighted by Gasteiger charge is -2.09. The Balaban J connectivity index is 1.71. The molecule has 0 aliphatic rings. The quantitative estimate of drug-likeness (QED) is 0.671. The zero-order chi connectivity index (χ0) is 19.1. The largest absolute Gasteiger partial charge is 0.456 e. The van der Waals surface area contributed by atoms with Gasteiger partial charge in [0.05, 0.1) is 6.20 Å². The van der Waals surface area contributed by atoms with E-state index < -0.39 is 11.9 Å². The van der Waals surface area contributed by atoms with Crippen molar-refractivity contribution in [2.75, 3.05) is 5.73 Å². The Hall–Kier alpha value is -3.74. The van der Waals surface area contributed by atoms with E-state index in [2.05, 4.69) is 9.97 Å². The van der Waals surface area contributed by atoms with E-state index in [1.807, 2.05) is 60.7 Å². The second-order valence-electron chi connectivity index (χ2n) is 5.62. The molecule has 2 N–H and O–H groups in total. The summed E-state index contributed by atoms with van der Waals surface area (Å²) in [5.41, 5.74) is 6.70. The Kier molecular flexibility index (Phi) is 5.73. The Morgan fingerprint density at radius 2 is 1.26 bits per heavy atom. The summed E-state index contributed by atoms with van der Waals surface area (Å²) in [7, 11) is 0. The van der Waals surface area contributed by atoms with E-state index in [4.69, 9.17) is 15.2 Å². The van der Waals surface area contributed by atoms with Crippen LogP contribution in [0.2, 0.25) is 0 Å². The van der Waals surface area contributed by atoms with Crippen LogP contribution in [0.1, 0.15) is 32.1 Å². The van der Waals surface area contributed by atoms with Gasteiger partial charge < -0.3 is 15.2 Å². The molecule has 0 aliphatic heterocycles. The van der Waals surface area contributed by atoms with Crippen LogP contribution in [0.25, 0.3) is 0 Å². The highest BCUT2D eigenvalue weighted by Gasteiger charge is 2.23. The molecule has 0 unspecified atom stereocenters. The maximum absolute atomic E-state index is 12.4. The highest BCUT2D eigenvalue weighted by molar-refractivity contribution is 6.00. The maximum Gasteiger partial charge on any atom is 0.359 e. The van der Waals surface area contributed by atoms with E-state index in [1.165, 1.54) is 6.20 Å². The fourth-order valence-corrected chi connectivity index (χ4v) is 2.28. The summed E-state index contributed by atoms with van der Waals surface area (Å²) in [5, 5.41) is 0. The van der Waals surface area contributed by atoms with E-state index in [1.54, 1.807) is 0 Å². The summed E-state index contributed by atoms with van der Waals surface area (Å²) in [4.78, 5) is 32.5. The summed E-state index contributed by atoms with van der Waals surface area (Å²) < 4.78 is 10.4. The molecule has 1 aromatic heterocycles. The molecule has 7 heteroatoms. The molecule has 136 valence electrons. The first kappa shape index (κ1) is 18.1. The van der Waals surface area contributed by atoms with Gasteiger partial charge in [0, 0.05) is 0 Å². The van der Waals surface area contributed by atoms with Crippen LogP contribution in [0.5, 0.6) is 0 Å². The van der Waals surface area contributed by atoms with Crippen LogP contribution in [-0.4, -0.2) is 21.9 Å². The van der Waals surface area contributed by atoms with Crippen LogP contribution < -0.4 is 5.73 Å². The number of esters is 2. The van der Waals surface area contributed by atoms with E-state index in [0.29, 0.717) is 0 Å². The first-order valence-electron chi connectivity index (χ1n) is 8.18. The maximum atomic E-state index is 12.4. The highest BCUT2D eigenvalue weighted by atomic mass is 16.5. The van der Waals surface area contributed by atoms with Gasteiger partial charge in [-0.1, -0.05) is 60.7 Å². The van der Waals surface area contributed by atoms with Gasteiger partial charge in [-0.2, -0.15) is 0 Å². The smallest absolute Gasteiger partial charge is 0.359 e. The van der Waals surface area contributed by atoms with Crippen LogP contribution >= 0.6 is 0 Å². The number of rotatable bonds is 6. The molecule has 0 saturated carbocycles. The minimum atomic E-state index is -0.801. The van der Waals surface area contributed by atoms with Gasteiger partial charge in [-0.3, -0.25) is 0 Å². The minimum absolute atomic E-state index is 0.00118. The normalized spacial score (nSPS) is 10.2. The summed E-state index contributed by atoms with van der Waals surface area (Å²) in [6.07, 6.45) is 1.19. The van der Waals surface area contributed by atoms with Crippen LogP contribution in [-0.2, 0) is 22.7 Å². The molecule has 0 atom stereocenters. The molecule has 7 nitrogen and oxygen atoms in total. The van der Waals surface area contributed by atoms with Gasteiger partial charge in [0.25, 0.3) is 0 Å². The number of nitrogen functional groups attached to an aromatic ring is 1. The average molecular weight is 363 g/mol. The van der Waals surface area contributed by atoms with Gasteiger partial charge in [-0.15, -0.1) is 0 Å². The molecule has 0 amide bonds. The van der Waals surface area contributed by atoms with Crippen molar-refractivity contribution < 1.29 is 19.1 Å². The Bertz CT molecular complexity index is 930. The molecule has 2 aromatic carbocycles. The predicted molar refractivity (Wildman–Crippen MR) is 97.6 cm³/mol. The number of carbonyl (C=O) groups excluding carboxylic acids is 2. The lowest BCUT2D eigenvalue weighted by atomic mass is 10.2. The highest BCUT2D eigenvalue weighted by Crippen LogP contribution is 2.12. The molecule has 0 aliphatic carbocycles. The van der Waals surface area contributed by atoms with Crippen molar-refractivity contribution in [1.82, 2.24) is 9.97 Å². The third-order valence-corrected chi connectivity index (χ3v) is 3.60. The van der Waals surface area contributed by atoms with Gasteiger partial charge >= 0.3 is 11.9 Å². The molecule has 27 heavy (non-hydrogen) atoms. The number of carbonyl (C=O) groups is 2. The van der Waals surface area contributed by atoms with Crippen molar-refractivity contribution >= 4 is 17.8 Å². The van der Waals surface area contributed by atoms with Gasteiger partial charge in [0.15, 0.2) is 11.4 Å². The first-order chi connectivity index (χ1) is 13.1. The topological polar surface area (TPSA) is 104 Å². The first-order valence-corrected chi connectivity index (χ1v) is 8.18. The van der Waals surface area contributed by atoms with Crippen LogP contribution in [0.4, 0.5) is 5.82 Å². The third-order valence-electron chi connectivity index (χ3n) is 3.60. The average Bonchev–Trinajstić information content (AvgIpc) is 2.71. The number of ether oxygens (including phenoxy) is 2. The molecular weight excluding hydrogens is 346 g/mol. The van der Waals surface area contributed by atoms with Crippen molar-refractivity contribution in [3.05, 3.63) is 89.4 Å². The van der Waals surface area contributed by atoms with Gasteiger partial charge in [0.2, 0.25) is 0 Å². The van der Waals surface area contributed by atoms with Crippen LogP contribution in [0.3, 0.4) is 0 Å². The lowest BCUT2D eigenvalue weighted by molar-refractivity contribution is 0.0414. The number of hydrogen-bond acceptors (Lipinski definition) is 7. The summed E-state index contributed by atoms with van der Waals surface area (Å²) in [6, 6.07) is 18.3. The minimum Gasteiger partial charge on any atom is -0.456 e. The molecule has 3 aromatic rings. The predicted octanol–water partition coefficient (Wildman–Crippen LogP) is 2.77. The molecule has 0 fully saturated rings. The number of benzene rings is 2. The lowest BCUT2D eigenvalue weighted by Crippen LogP contribution is -2.18. The standard InChI is InChI=1S/C20H17N3O4/c21-16-11-22-17(19(24)26-12-14-7-3-1-4-8-14)18(23-16)20(25)27-13-15-9-5-2-6-10-15/h1-11H,12-13H2,(H2,21,23). The van der Waals surface area contributed by atoms with Crippen molar-refractivity contribution in [2.24, 2.45) is 0 Å². The fourth-order valence-electron chi connectivity index (χ4n) is 2.28. The third kappa shape index (κ3) is 4.88. The van der Waals surface area contributed by atoms with Gasteiger partial charge in [-0.25, -0.2) is 19.6 Å². The molecule has 0 bridgehead atoms. The van der Waals surface area contributed by atoms with Crippen molar-refractivity contribution in [2.45, 2.75) is 13.2 Å². The Labute approximate surface area is 155 Å². The number of nitrogens with two attached hydrogens (primary N) is 1. The molecule has 3 rings (SSSR count). The number of anilines is 1. The van der Waals surface area contributed by atoms with Crippen LogP contribution in [0.15, 0.2) is 66.9 Å². The van der Waals surface area contributed by atoms with Crippen molar-refractivity contribution in [1.29, 1.82) is 0 Å². The van der Waals surface area contributed by atoms with Crippen molar-refractivity contribution in [3.8, 4) is 0 Å². The summed E-state index contributed by atoms with van der Waals surface area (Å²) >= 11 is 0. The zero-order valence-electron chi connectivity index (χ0n) is 14.4. The monoisotopic (exact) mass is 363 g/mol. The molecule has 0 spiro atoms. The molecular formula is C20H17N3O4. The fraction of sp³-hybridized carbons (Fsp3) is 0.100. The molecule has 0 saturated heterocycles. The van der Waals surface area contributed by atoms with E-state index in [9.17, 15) is 9.59 Å². The molecule has 0 radical (unpaired) electrons. The molecule has 1 heterocycles. The second-order valence-corrected chi connectivity index (χ2v) is 5.62. The van der Waals surface area contributed by atoms with E-state index >= 15 is 0 Å². The zero-order valence-corrected chi connectivity index (χ0v) is 14.4. The number of aromatic nitrogens is 2. The van der Waals surface area contributed by atoms with E-state index in [0.717, 1.165) is 11.1 Å². The summed E-state index contributed by atoms with van der Waals surface area (Å²) in [6.45, 7) is 0.0822. The second kappa shape index (κ2) is 8.57. The van der Waals surface area contributed by atoms with Crippen molar-refractivity contribution in [3.63, 3.8) is 0 Å². The van der Waals surface area contributed by atoms with Gasteiger partial charge in [0.1, 0.15) is 19.0 Å².